The number of alkyl halides is 1. The van der Waals surface area contributed by atoms with Crippen LogP contribution in [-0.4, -0.2) is 31.8 Å². The molecule has 1 aromatic rings. The number of hydrogen-bond acceptors (Lipinski definition) is 3. The summed E-state index contributed by atoms with van der Waals surface area (Å²) in [6.07, 6.45) is 5.07. The molecule has 0 aromatic carbocycles. The third-order valence-electron chi connectivity index (χ3n) is 2.94. The molecule has 92 valence electrons. The molecular weight excluding hydrogens is 236 g/mol. The lowest BCUT2D eigenvalue weighted by atomic mass is 10.1. The van der Waals surface area contributed by atoms with Gasteiger partial charge in [0.05, 0.1) is 12.5 Å². The first-order chi connectivity index (χ1) is 8.35. The van der Waals surface area contributed by atoms with Crippen molar-refractivity contribution in [2.75, 3.05) is 31.7 Å². The molecule has 1 aromatic heterocycles. The molecule has 0 saturated heterocycles. The van der Waals surface area contributed by atoms with E-state index in [4.69, 9.17) is 16.3 Å². The van der Waals surface area contributed by atoms with Gasteiger partial charge in [-0.25, -0.2) is 4.98 Å². The highest BCUT2D eigenvalue weighted by molar-refractivity contribution is 6.17. The highest BCUT2D eigenvalue weighted by atomic mass is 35.5. The molecule has 1 aliphatic rings. The Kier molecular flexibility index (Phi) is 4.40. The second-order valence-corrected chi connectivity index (χ2v) is 4.38. The maximum Gasteiger partial charge on any atom is 0.133 e. The van der Waals surface area contributed by atoms with Gasteiger partial charge in [0.1, 0.15) is 5.82 Å². The smallest absolute Gasteiger partial charge is 0.133 e. The molecule has 2 heterocycles. The third-order valence-corrected chi connectivity index (χ3v) is 3.23. The summed E-state index contributed by atoms with van der Waals surface area (Å²) in [5.41, 5.74) is 2.46. The Labute approximate surface area is 107 Å². The Morgan fingerprint density at radius 3 is 3.06 bits per heavy atom. The number of nitrogens with zero attached hydrogens (tertiary/aromatic N) is 2. The lowest BCUT2D eigenvalue weighted by Crippen LogP contribution is -2.30. The monoisotopic (exact) mass is 252 g/mol. The summed E-state index contributed by atoms with van der Waals surface area (Å²) in [6.45, 7) is 2.61. The van der Waals surface area contributed by atoms with Crippen molar-refractivity contribution in [1.29, 1.82) is 0 Å². The van der Waals surface area contributed by atoms with Crippen molar-refractivity contribution in [3.8, 4) is 0 Å². The molecule has 2 rings (SSSR count). The van der Waals surface area contributed by atoms with Gasteiger partial charge in [-0.1, -0.05) is 12.1 Å². The normalized spacial score (nSPS) is 15.9. The fourth-order valence-electron chi connectivity index (χ4n) is 2.04. The SMILES string of the molecule is COCC1=CCN(c2ncccc2CCl)CC1. The van der Waals surface area contributed by atoms with E-state index in [1.165, 1.54) is 5.57 Å². The van der Waals surface area contributed by atoms with Crippen LogP contribution >= 0.6 is 11.6 Å². The maximum atomic E-state index is 5.93. The molecule has 0 amide bonds. The van der Waals surface area contributed by atoms with Gasteiger partial charge in [0.15, 0.2) is 0 Å². The summed E-state index contributed by atoms with van der Waals surface area (Å²) >= 11 is 5.93. The van der Waals surface area contributed by atoms with E-state index in [1.54, 1.807) is 7.11 Å². The largest absolute Gasteiger partial charge is 0.380 e. The van der Waals surface area contributed by atoms with Crippen molar-refractivity contribution in [3.63, 3.8) is 0 Å². The van der Waals surface area contributed by atoms with Crippen LogP contribution in [0.1, 0.15) is 12.0 Å². The minimum absolute atomic E-state index is 0.508. The van der Waals surface area contributed by atoms with E-state index < -0.39 is 0 Å². The summed E-state index contributed by atoms with van der Waals surface area (Å²) < 4.78 is 5.14. The lowest BCUT2D eigenvalue weighted by Gasteiger charge is -2.28. The van der Waals surface area contributed by atoms with Crippen LogP contribution in [0.4, 0.5) is 5.82 Å². The molecule has 0 spiro atoms. The van der Waals surface area contributed by atoms with Gasteiger partial charge in [0.25, 0.3) is 0 Å². The summed E-state index contributed by atoms with van der Waals surface area (Å²) in [5, 5.41) is 0. The molecule has 0 aliphatic carbocycles. The molecular formula is C13H17ClN2O. The van der Waals surface area contributed by atoms with Gasteiger partial charge in [0, 0.05) is 32.0 Å². The molecule has 0 radical (unpaired) electrons. The van der Waals surface area contributed by atoms with Crippen LogP contribution in [0, 0.1) is 0 Å². The van der Waals surface area contributed by atoms with E-state index in [2.05, 4.69) is 16.0 Å². The van der Waals surface area contributed by atoms with Crippen LogP contribution in [0.3, 0.4) is 0 Å². The van der Waals surface area contributed by atoms with E-state index in [9.17, 15) is 0 Å². The molecule has 0 bridgehead atoms. The van der Waals surface area contributed by atoms with Crippen LogP contribution in [0.2, 0.25) is 0 Å². The van der Waals surface area contributed by atoms with E-state index in [1.807, 2.05) is 18.3 Å². The zero-order valence-corrected chi connectivity index (χ0v) is 10.8. The number of anilines is 1. The predicted molar refractivity (Wildman–Crippen MR) is 70.6 cm³/mol. The van der Waals surface area contributed by atoms with Crippen molar-refractivity contribution in [1.82, 2.24) is 4.98 Å². The maximum absolute atomic E-state index is 5.93. The molecule has 1 aliphatic heterocycles. The molecule has 4 heteroatoms. The Morgan fingerprint density at radius 2 is 2.41 bits per heavy atom. The summed E-state index contributed by atoms with van der Waals surface area (Å²) in [7, 11) is 1.73. The van der Waals surface area contributed by atoms with Crippen LogP contribution in [0.25, 0.3) is 0 Å². The Bertz CT molecular complexity index is 406. The first-order valence-electron chi connectivity index (χ1n) is 5.76. The number of ether oxygens (including phenoxy) is 1. The molecule has 0 N–H and O–H groups in total. The number of pyridine rings is 1. The quantitative estimate of drug-likeness (QED) is 0.609. The molecule has 0 atom stereocenters. The van der Waals surface area contributed by atoms with Gasteiger partial charge >= 0.3 is 0 Å². The second-order valence-electron chi connectivity index (χ2n) is 4.11. The van der Waals surface area contributed by atoms with Crippen LogP contribution < -0.4 is 4.90 Å². The van der Waals surface area contributed by atoms with Crippen molar-refractivity contribution in [2.45, 2.75) is 12.3 Å². The molecule has 3 nitrogen and oxygen atoms in total. The number of rotatable bonds is 4. The fourth-order valence-corrected chi connectivity index (χ4v) is 2.25. The van der Waals surface area contributed by atoms with Crippen molar-refractivity contribution in [3.05, 3.63) is 35.5 Å². The zero-order chi connectivity index (χ0) is 12.1. The minimum Gasteiger partial charge on any atom is -0.380 e. The Hall–Kier alpha value is -1.06. The topological polar surface area (TPSA) is 25.4 Å². The molecule has 0 unspecified atom stereocenters. The van der Waals surface area contributed by atoms with E-state index in [-0.39, 0.29) is 0 Å². The van der Waals surface area contributed by atoms with Gasteiger partial charge in [-0.05, 0) is 18.1 Å². The van der Waals surface area contributed by atoms with Gasteiger partial charge < -0.3 is 9.64 Å². The average Bonchev–Trinajstić information content (AvgIpc) is 2.40. The average molecular weight is 253 g/mol. The molecule has 17 heavy (non-hydrogen) atoms. The standard InChI is InChI=1S/C13H17ClN2O/c1-17-10-11-4-7-16(8-5-11)13-12(9-14)3-2-6-15-13/h2-4,6H,5,7-10H2,1H3. The summed E-state index contributed by atoms with van der Waals surface area (Å²) in [6, 6.07) is 3.96. The Morgan fingerprint density at radius 1 is 1.53 bits per heavy atom. The van der Waals surface area contributed by atoms with E-state index in [0.717, 1.165) is 37.5 Å². The van der Waals surface area contributed by atoms with Crippen molar-refractivity contribution >= 4 is 17.4 Å². The predicted octanol–water partition coefficient (Wildman–Crippen LogP) is 2.60. The van der Waals surface area contributed by atoms with Crippen LogP contribution in [-0.2, 0) is 10.6 Å². The van der Waals surface area contributed by atoms with Crippen LogP contribution in [0.15, 0.2) is 30.0 Å². The van der Waals surface area contributed by atoms with Gasteiger partial charge in [-0.2, -0.15) is 0 Å². The number of halogens is 1. The summed E-state index contributed by atoms with van der Waals surface area (Å²) in [5.74, 6) is 1.52. The molecule has 0 fully saturated rings. The summed E-state index contributed by atoms with van der Waals surface area (Å²) in [4.78, 5) is 6.69. The highest BCUT2D eigenvalue weighted by Crippen LogP contribution is 2.22. The third kappa shape index (κ3) is 2.99. The van der Waals surface area contributed by atoms with Gasteiger partial charge in [-0.3, -0.25) is 0 Å². The number of hydrogen-bond donors (Lipinski definition) is 0. The zero-order valence-electron chi connectivity index (χ0n) is 10.0. The van der Waals surface area contributed by atoms with Crippen molar-refractivity contribution < 1.29 is 4.74 Å². The minimum atomic E-state index is 0.508. The van der Waals surface area contributed by atoms with Crippen molar-refractivity contribution in [2.24, 2.45) is 0 Å². The second kappa shape index (κ2) is 6.03. The first-order valence-corrected chi connectivity index (χ1v) is 6.30. The van der Waals surface area contributed by atoms with E-state index in [0.29, 0.717) is 5.88 Å². The van der Waals surface area contributed by atoms with Crippen LogP contribution in [0.5, 0.6) is 0 Å². The molecule has 0 saturated carbocycles. The van der Waals surface area contributed by atoms with Gasteiger partial charge in [-0.15, -0.1) is 11.6 Å². The highest BCUT2D eigenvalue weighted by Gasteiger charge is 2.15. The first kappa shape index (κ1) is 12.4. The fraction of sp³-hybridized carbons (Fsp3) is 0.462. The number of aromatic nitrogens is 1. The Balaban J connectivity index is 2.10. The van der Waals surface area contributed by atoms with Gasteiger partial charge in [0.2, 0.25) is 0 Å². The number of methoxy groups -OCH3 is 1. The lowest BCUT2D eigenvalue weighted by molar-refractivity contribution is 0.222. The van der Waals surface area contributed by atoms with E-state index >= 15 is 0 Å².